The lowest BCUT2D eigenvalue weighted by atomic mass is 10.1. The smallest absolute Gasteiger partial charge is 0.293 e. The van der Waals surface area contributed by atoms with Gasteiger partial charge in [-0.25, -0.2) is 0 Å². The van der Waals surface area contributed by atoms with E-state index in [1.807, 2.05) is 4.90 Å². The molecule has 28 heavy (non-hydrogen) atoms. The van der Waals surface area contributed by atoms with Crippen molar-refractivity contribution < 1.29 is 19.2 Å². The van der Waals surface area contributed by atoms with E-state index in [2.05, 4.69) is 10.6 Å². The molecule has 0 aliphatic carbocycles. The predicted octanol–water partition coefficient (Wildman–Crippen LogP) is 0.547. The van der Waals surface area contributed by atoms with Crippen LogP contribution < -0.4 is 10.6 Å². The van der Waals surface area contributed by atoms with Gasteiger partial charge in [0, 0.05) is 65.1 Å². The minimum Gasteiger partial charge on any atom is -0.385 e. The molecule has 0 radical (unpaired) electrons. The lowest BCUT2D eigenvalue weighted by Crippen LogP contribution is -2.51. The van der Waals surface area contributed by atoms with E-state index >= 15 is 0 Å². The Balaban J connectivity index is 1.86. The number of nitro benzene ring substituents is 1. The Kier molecular flexibility index (Phi) is 8.15. The highest BCUT2D eigenvalue weighted by atomic mass is 16.6. The number of nitro groups is 1. The molecule has 0 spiro atoms. The van der Waals surface area contributed by atoms with Crippen LogP contribution in [0.1, 0.15) is 16.8 Å². The van der Waals surface area contributed by atoms with E-state index < -0.39 is 4.92 Å². The first-order chi connectivity index (χ1) is 13.5. The minimum atomic E-state index is -0.508. The second kappa shape index (κ2) is 10.6. The molecule has 0 bridgehead atoms. The van der Waals surface area contributed by atoms with Crippen LogP contribution in [0.5, 0.6) is 0 Å². The van der Waals surface area contributed by atoms with E-state index in [1.165, 1.54) is 12.1 Å². The van der Waals surface area contributed by atoms with Gasteiger partial charge in [0.1, 0.15) is 5.69 Å². The van der Waals surface area contributed by atoms with E-state index in [9.17, 15) is 19.7 Å². The van der Waals surface area contributed by atoms with E-state index in [-0.39, 0.29) is 29.6 Å². The Morgan fingerprint density at radius 2 is 1.96 bits per heavy atom. The van der Waals surface area contributed by atoms with Crippen molar-refractivity contribution in [1.29, 1.82) is 0 Å². The molecule has 2 amide bonds. The fraction of sp³-hybridized carbons (Fsp3) is 0.556. The molecule has 2 rings (SSSR count). The van der Waals surface area contributed by atoms with Crippen LogP contribution in [0.3, 0.4) is 0 Å². The van der Waals surface area contributed by atoms with Gasteiger partial charge in [-0.3, -0.25) is 24.6 Å². The zero-order valence-corrected chi connectivity index (χ0v) is 16.3. The SMILES string of the molecule is CNc1ccc(C(=O)N2CCN(CC(=O)NCCCOC)CC2)cc1[N+](=O)[O-]. The number of rotatable bonds is 9. The molecule has 0 atom stereocenters. The number of ether oxygens (including phenoxy) is 1. The number of carbonyl (C=O) groups is 2. The van der Waals surface area contributed by atoms with Crippen molar-refractivity contribution in [1.82, 2.24) is 15.1 Å². The summed E-state index contributed by atoms with van der Waals surface area (Å²) in [4.78, 5) is 38.9. The second-order valence-electron chi connectivity index (χ2n) is 6.50. The molecule has 154 valence electrons. The van der Waals surface area contributed by atoms with Gasteiger partial charge in [-0.1, -0.05) is 0 Å². The van der Waals surface area contributed by atoms with Crippen LogP contribution in [0.2, 0.25) is 0 Å². The fourth-order valence-corrected chi connectivity index (χ4v) is 3.02. The summed E-state index contributed by atoms with van der Waals surface area (Å²) in [5, 5.41) is 16.8. The maximum Gasteiger partial charge on any atom is 0.293 e. The molecule has 1 aliphatic rings. The van der Waals surface area contributed by atoms with E-state index in [0.29, 0.717) is 45.0 Å². The van der Waals surface area contributed by atoms with E-state index in [1.54, 1.807) is 25.1 Å². The molecule has 1 heterocycles. The number of methoxy groups -OCH3 is 1. The zero-order valence-electron chi connectivity index (χ0n) is 16.3. The van der Waals surface area contributed by atoms with Gasteiger partial charge in [0.2, 0.25) is 5.91 Å². The molecular formula is C18H27N5O5. The van der Waals surface area contributed by atoms with Crippen LogP contribution in [-0.2, 0) is 9.53 Å². The number of carbonyl (C=O) groups excluding carboxylic acids is 2. The Bertz CT molecular complexity index is 704. The largest absolute Gasteiger partial charge is 0.385 e. The van der Waals surface area contributed by atoms with Crippen LogP contribution in [0.25, 0.3) is 0 Å². The predicted molar refractivity (Wildman–Crippen MR) is 104 cm³/mol. The summed E-state index contributed by atoms with van der Waals surface area (Å²) in [5.74, 6) is -0.288. The normalized spacial score (nSPS) is 14.6. The van der Waals surface area contributed by atoms with Gasteiger partial charge in [0.25, 0.3) is 11.6 Å². The highest BCUT2D eigenvalue weighted by Crippen LogP contribution is 2.25. The third-order valence-corrected chi connectivity index (χ3v) is 4.58. The van der Waals surface area contributed by atoms with Gasteiger partial charge >= 0.3 is 0 Å². The molecule has 0 saturated carbocycles. The fourth-order valence-electron chi connectivity index (χ4n) is 3.02. The third-order valence-electron chi connectivity index (χ3n) is 4.58. The molecule has 10 nitrogen and oxygen atoms in total. The molecule has 1 saturated heterocycles. The summed E-state index contributed by atoms with van der Waals surface area (Å²) in [7, 11) is 3.21. The maximum atomic E-state index is 12.7. The highest BCUT2D eigenvalue weighted by molar-refractivity contribution is 5.95. The number of nitrogens with zero attached hydrogens (tertiary/aromatic N) is 3. The number of anilines is 1. The quantitative estimate of drug-likeness (QED) is 0.357. The Hall–Kier alpha value is -2.72. The van der Waals surface area contributed by atoms with Crippen molar-refractivity contribution in [2.45, 2.75) is 6.42 Å². The number of amides is 2. The maximum absolute atomic E-state index is 12.7. The number of hydrogen-bond donors (Lipinski definition) is 2. The monoisotopic (exact) mass is 393 g/mol. The van der Waals surface area contributed by atoms with Crippen LogP contribution in [0.15, 0.2) is 18.2 Å². The first kappa shape index (κ1) is 21.6. The number of nitrogens with one attached hydrogen (secondary N) is 2. The second-order valence-corrected chi connectivity index (χ2v) is 6.50. The zero-order chi connectivity index (χ0) is 20.5. The molecule has 0 aromatic heterocycles. The summed E-state index contributed by atoms with van der Waals surface area (Å²) >= 11 is 0. The molecule has 1 fully saturated rings. The average molecular weight is 393 g/mol. The average Bonchev–Trinajstić information content (AvgIpc) is 2.70. The van der Waals surface area contributed by atoms with Crippen molar-refractivity contribution in [3.63, 3.8) is 0 Å². The third kappa shape index (κ3) is 5.89. The van der Waals surface area contributed by atoms with Crippen LogP contribution in [-0.4, -0.2) is 86.6 Å². The molecule has 1 aromatic rings. The van der Waals surface area contributed by atoms with Crippen molar-refractivity contribution in [2.75, 3.05) is 65.3 Å². The topological polar surface area (TPSA) is 117 Å². The summed E-state index contributed by atoms with van der Waals surface area (Å²) < 4.78 is 4.94. The first-order valence-electron chi connectivity index (χ1n) is 9.19. The van der Waals surface area contributed by atoms with Gasteiger partial charge in [0.15, 0.2) is 0 Å². The summed E-state index contributed by atoms with van der Waals surface area (Å²) in [5.41, 5.74) is 0.523. The van der Waals surface area contributed by atoms with Crippen molar-refractivity contribution in [2.24, 2.45) is 0 Å². The lowest BCUT2D eigenvalue weighted by molar-refractivity contribution is -0.384. The van der Waals surface area contributed by atoms with Crippen molar-refractivity contribution >= 4 is 23.2 Å². The van der Waals surface area contributed by atoms with Crippen molar-refractivity contribution in [3.8, 4) is 0 Å². The molecule has 0 unspecified atom stereocenters. The molecular weight excluding hydrogens is 366 g/mol. The summed E-state index contributed by atoms with van der Waals surface area (Å²) in [6.45, 7) is 3.56. The van der Waals surface area contributed by atoms with Crippen LogP contribution in [0.4, 0.5) is 11.4 Å². The van der Waals surface area contributed by atoms with Crippen molar-refractivity contribution in [3.05, 3.63) is 33.9 Å². The lowest BCUT2D eigenvalue weighted by Gasteiger charge is -2.34. The van der Waals surface area contributed by atoms with Gasteiger partial charge in [-0.2, -0.15) is 0 Å². The van der Waals surface area contributed by atoms with E-state index in [0.717, 1.165) is 6.42 Å². The van der Waals surface area contributed by atoms with Gasteiger partial charge in [-0.05, 0) is 18.6 Å². The van der Waals surface area contributed by atoms with Gasteiger partial charge in [0.05, 0.1) is 11.5 Å². The standard InChI is InChI=1S/C18H27N5O5/c1-19-15-5-4-14(12-16(15)23(26)27)18(25)22-9-7-21(8-10-22)13-17(24)20-6-3-11-28-2/h4-5,12,19H,3,6-11,13H2,1-2H3,(H,20,24). The molecule has 1 aromatic carbocycles. The number of hydrogen-bond acceptors (Lipinski definition) is 7. The first-order valence-corrected chi connectivity index (χ1v) is 9.19. The van der Waals surface area contributed by atoms with Crippen LogP contribution >= 0.6 is 0 Å². The van der Waals surface area contributed by atoms with Crippen LogP contribution in [0, 0.1) is 10.1 Å². The van der Waals surface area contributed by atoms with Gasteiger partial charge < -0.3 is 20.3 Å². The summed E-state index contributed by atoms with van der Waals surface area (Å²) in [6, 6.07) is 4.42. The Morgan fingerprint density at radius 1 is 1.25 bits per heavy atom. The summed E-state index contributed by atoms with van der Waals surface area (Å²) in [6.07, 6.45) is 0.767. The molecule has 10 heteroatoms. The van der Waals surface area contributed by atoms with E-state index in [4.69, 9.17) is 4.74 Å². The molecule has 2 N–H and O–H groups in total. The highest BCUT2D eigenvalue weighted by Gasteiger charge is 2.25. The minimum absolute atomic E-state index is 0.0471. The Morgan fingerprint density at radius 3 is 2.57 bits per heavy atom. The Labute approximate surface area is 164 Å². The number of piperazine rings is 1. The van der Waals surface area contributed by atoms with Gasteiger partial charge in [-0.15, -0.1) is 0 Å². The number of benzene rings is 1. The molecule has 1 aliphatic heterocycles.